The zero-order valence-corrected chi connectivity index (χ0v) is 15.4. The van der Waals surface area contributed by atoms with Gasteiger partial charge in [0, 0.05) is 0 Å². The second-order valence-corrected chi connectivity index (χ2v) is 6.56. The molecule has 0 aromatic carbocycles. The van der Waals surface area contributed by atoms with Gasteiger partial charge in [-0.2, -0.15) is 0 Å². The van der Waals surface area contributed by atoms with Crippen LogP contribution in [-0.4, -0.2) is 24.3 Å². The number of rotatable bonds is 16. The van der Waals surface area contributed by atoms with Crippen LogP contribution in [0.3, 0.4) is 0 Å². The van der Waals surface area contributed by atoms with Crippen molar-refractivity contribution in [3.63, 3.8) is 0 Å². The van der Waals surface area contributed by atoms with Gasteiger partial charge in [-0.25, -0.2) is 4.79 Å². The highest BCUT2D eigenvalue weighted by atomic mass is 16.5. The first-order valence-corrected chi connectivity index (χ1v) is 9.58. The van der Waals surface area contributed by atoms with Crippen molar-refractivity contribution in [2.75, 3.05) is 7.11 Å². The minimum atomic E-state index is -0.754. The standard InChI is InChI=1S/C20H38O3/c1-4-5-6-7-8-9-10-11-12-13-14-15-16-17-19(21)18(2)20(22)23-3/h19,21H,2,4-17H2,1,3H3/t19-/m0/s1. The fraction of sp³-hybridized carbons (Fsp3) is 0.850. The Balaban J connectivity index is 3.27. The molecule has 3 heteroatoms. The molecular formula is C20H38O3. The molecule has 0 saturated carbocycles. The normalized spacial score (nSPS) is 12.1. The second kappa shape index (κ2) is 16.0. The highest BCUT2D eigenvalue weighted by Gasteiger charge is 2.16. The summed E-state index contributed by atoms with van der Waals surface area (Å²) in [5.74, 6) is -0.507. The smallest absolute Gasteiger partial charge is 0.335 e. The Morgan fingerprint density at radius 1 is 0.870 bits per heavy atom. The molecule has 23 heavy (non-hydrogen) atoms. The van der Waals surface area contributed by atoms with Gasteiger partial charge in [-0.3, -0.25) is 0 Å². The number of hydrogen-bond donors (Lipinski definition) is 1. The van der Waals surface area contributed by atoms with Gasteiger partial charge in [0.25, 0.3) is 0 Å². The Labute approximate surface area is 143 Å². The molecule has 0 amide bonds. The monoisotopic (exact) mass is 326 g/mol. The highest BCUT2D eigenvalue weighted by Crippen LogP contribution is 2.15. The van der Waals surface area contributed by atoms with E-state index in [1.807, 2.05) is 0 Å². The SMILES string of the molecule is C=C(C(=O)OC)[C@@H](O)CCCCCCCCCCCCCCC. The van der Waals surface area contributed by atoms with Gasteiger partial charge in [-0.15, -0.1) is 0 Å². The zero-order valence-electron chi connectivity index (χ0n) is 15.4. The Bertz CT molecular complexity index is 299. The van der Waals surface area contributed by atoms with Gasteiger partial charge in [-0.1, -0.05) is 97.0 Å². The number of ether oxygens (including phenoxy) is 1. The molecule has 0 heterocycles. The largest absolute Gasteiger partial charge is 0.466 e. The average Bonchev–Trinajstić information content (AvgIpc) is 2.57. The van der Waals surface area contributed by atoms with Gasteiger partial charge >= 0.3 is 5.97 Å². The minimum absolute atomic E-state index is 0.173. The number of carbonyl (C=O) groups excluding carboxylic acids is 1. The summed E-state index contributed by atoms with van der Waals surface area (Å²) in [7, 11) is 1.31. The van der Waals surface area contributed by atoms with E-state index in [0.717, 1.165) is 12.8 Å². The number of aliphatic hydroxyl groups excluding tert-OH is 1. The van der Waals surface area contributed by atoms with Gasteiger partial charge in [0.15, 0.2) is 0 Å². The van der Waals surface area contributed by atoms with Crippen molar-refractivity contribution in [3.05, 3.63) is 12.2 Å². The third-order valence-electron chi connectivity index (χ3n) is 4.43. The van der Waals surface area contributed by atoms with Crippen molar-refractivity contribution < 1.29 is 14.6 Å². The maximum atomic E-state index is 11.2. The second-order valence-electron chi connectivity index (χ2n) is 6.56. The molecule has 1 N–H and O–H groups in total. The van der Waals surface area contributed by atoms with Crippen LogP contribution in [0.4, 0.5) is 0 Å². The molecule has 0 rings (SSSR count). The van der Waals surface area contributed by atoms with Gasteiger partial charge in [0.05, 0.1) is 18.8 Å². The van der Waals surface area contributed by atoms with E-state index in [9.17, 15) is 9.90 Å². The lowest BCUT2D eigenvalue weighted by atomic mass is 10.0. The maximum Gasteiger partial charge on any atom is 0.335 e. The van der Waals surface area contributed by atoms with Crippen LogP contribution >= 0.6 is 0 Å². The molecule has 0 aromatic rings. The van der Waals surface area contributed by atoms with Gasteiger partial charge in [-0.05, 0) is 6.42 Å². The average molecular weight is 327 g/mol. The molecule has 3 nitrogen and oxygen atoms in total. The summed E-state index contributed by atoms with van der Waals surface area (Å²) in [5.41, 5.74) is 0.173. The van der Waals surface area contributed by atoms with Gasteiger partial charge in [0.2, 0.25) is 0 Å². The number of aliphatic hydroxyl groups is 1. The van der Waals surface area contributed by atoms with Crippen molar-refractivity contribution in [1.82, 2.24) is 0 Å². The van der Waals surface area contributed by atoms with E-state index in [1.54, 1.807) is 0 Å². The molecule has 0 radical (unpaired) electrons. The molecule has 0 aliphatic heterocycles. The van der Waals surface area contributed by atoms with Crippen LogP contribution in [0.25, 0.3) is 0 Å². The summed E-state index contributed by atoms with van der Waals surface area (Å²) in [6.07, 6.45) is 16.8. The zero-order chi connectivity index (χ0) is 17.3. The Kier molecular flexibility index (Phi) is 15.5. The molecule has 0 aliphatic rings. The van der Waals surface area contributed by atoms with E-state index in [1.165, 1.54) is 77.7 Å². The molecule has 0 bridgehead atoms. The summed E-state index contributed by atoms with van der Waals surface area (Å²) < 4.78 is 4.55. The lowest BCUT2D eigenvalue weighted by Gasteiger charge is -2.11. The molecule has 0 saturated heterocycles. The Morgan fingerprint density at radius 3 is 1.65 bits per heavy atom. The van der Waals surface area contributed by atoms with Crippen molar-refractivity contribution in [3.8, 4) is 0 Å². The molecule has 1 atom stereocenters. The summed E-state index contributed by atoms with van der Waals surface area (Å²) in [4.78, 5) is 11.2. The first-order valence-electron chi connectivity index (χ1n) is 9.58. The van der Waals surface area contributed by atoms with Crippen LogP contribution in [0.1, 0.15) is 96.8 Å². The summed E-state index contributed by atoms with van der Waals surface area (Å²) in [6.45, 7) is 5.84. The number of unbranched alkanes of at least 4 members (excludes halogenated alkanes) is 12. The van der Waals surface area contributed by atoms with Crippen LogP contribution in [0.2, 0.25) is 0 Å². The minimum Gasteiger partial charge on any atom is -0.466 e. The first-order chi connectivity index (χ1) is 11.1. The topological polar surface area (TPSA) is 46.5 Å². The molecule has 0 spiro atoms. The highest BCUT2D eigenvalue weighted by molar-refractivity contribution is 5.88. The molecule has 0 fully saturated rings. The van der Waals surface area contributed by atoms with Crippen LogP contribution in [0, 0.1) is 0 Å². The maximum absolute atomic E-state index is 11.2. The molecule has 0 aromatic heterocycles. The quantitative estimate of drug-likeness (QED) is 0.229. The molecule has 136 valence electrons. The number of hydrogen-bond acceptors (Lipinski definition) is 3. The third kappa shape index (κ3) is 13.3. The lowest BCUT2D eigenvalue weighted by molar-refractivity contribution is -0.137. The van der Waals surface area contributed by atoms with E-state index in [0.29, 0.717) is 6.42 Å². The van der Waals surface area contributed by atoms with Gasteiger partial charge < -0.3 is 9.84 Å². The lowest BCUT2D eigenvalue weighted by Crippen LogP contribution is -2.18. The van der Waals surface area contributed by atoms with Gasteiger partial charge in [0.1, 0.15) is 0 Å². The Morgan fingerprint density at radius 2 is 1.26 bits per heavy atom. The predicted octanol–water partition coefficient (Wildman–Crippen LogP) is 5.56. The van der Waals surface area contributed by atoms with Crippen LogP contribution in [-0.2, 0) is 9.53 Å². The van der Waals surface area contributed by atoms with Crippen LogP contribution < -0.4 is 0 Å². The summed E-state index contributed by atoms with van der Waals surface area (Å²) in [6, 6.07) is 0. The summed E-state index contributed by atoms with van der Waals surface area (Å²) in [5, 5.41) is 9.80. The number of carbonyl (C=O) groups is 1. The first kappa shape index (κ1) is 22.2. The van der Waals surface area contributed by atoms with E-state index in [-0.39, 0.29) is 5.57 Å². The molecule has 0 aliphatic carbocycles. The van der Waals surface area contributed by atoms with E-state index >= 15 is 0 Å². The third-order valence-corrected chi connectivity index (χ3v) is 4.43. The molecule has 0 unspecified atom stereocenters. The van der Waals surface area contributed by atoms with Crippen molar-refractivity contribution in [1.29, 1.82) is 0 Å². The predicted molar refractivity (Wildman–Crippen MR) is 97.5 cm³/mol. The van der Waals surface area contributed by atoms with E-state index in [2.05, 4.69) is 18.2 Å². The Hall–Kier alpha value is -0.830. The number of methoxy groups -OCH3 is 1. The van der Waals surface area contributed by atoms with E-state index < -0.39 is 12.1 Å². The number of esters is 1. The van der Waals surface area contributed by atoms with E-state index in [4.69, 9.17) is 0 Å². The fourth-order valence-corrected chi connectivity index (χ4v) is 2.80. The van der Waals surface area contributed by atoms with Crippen LogP contribution in [0.15, 0.2) is 12.2 Å². The van der Waals surface area contributed by atoms with Crippen LogP contribution in [0.5, 0.6) is 0 Å². The van der Waals surface area contributed by atoms with Crippen molar-refractivity contribution >= 4 is 5.97 Å². The van der Waals surface area contributed by atoms with Crippen molar-refractivity contribution in [2.24, 2.45) is 0 Å². The molecular weight excluding hydrogens is 288 g/mol. The van der Waals surface area contributed by atoms with Crippen molar-refractivity contribution in [2.45, 2.75) is 103 Å². The summed E-state index contributed by atoms with van der Waals surface area (Å²) >= 11 is 0. The fourth-order valence-electron chi connectivity index (χ4n) is 2.80.